The smallest absolute Gasteiger partial charge is 0.244 e. The van der Waals surface area contributed by atoms with Crippen LogP contribution in [0.1, 0.15) is 32.8 Å². The quantitative estimate of drug-likeness (QED) is 0.443. The van der Waals surface area contributed by atoms with Gasteiger partial charge in [-0.1, -0.05) is 30.7 Å². The van der Waals surface area contributed by atoms with Crippen LogP contribution in [-0.2, 0) is 26.2 Å². The molecule has 2 aromatic carbocycles. The standard InChI is InChI=1S/C25H34ClN3O6S/c1-7-21(25(31)27-17(2)3)28(15-18-8-10-19(26)11-9-18)24(30)16-29(36(6,32)33)20-12-13-22(34-4)23(14-20)35-5/h8-14,17,21H,7,15-16H2,1-6H3,(H,27,31)/t21-/m0/s1. The number of hydrogen-bond donors (Lipinski definition) is 1. The molecule has 36 heavy (non-hydrogen) atoms. The summed E-state index contributed by atoms with van der Waals surface area (Å²) < 4.78 is 37.0. The Kier molecular flexibility index (Phi) is 10.4. The fraction of sp³-hybridized carbons (Fsp3) is 0.440. The van der Waals surface area contributed by atoms with Crippen LogP contribution in [0.5, 0.6) is 11.5 Å². The van der Waals surface area contributed by atoms with Crippen LogP contribution in [0, 0.1) is 0 Å². The molecule has 0 saturated heterocycles. The Morgan fingerprint density at radius 1 is 1.03 bits per heavy atom. The predicted octanol–water partition coefficient (Wildman–Crippen LogP) is 3.46. The molecule has 1 N–H and O–H groups in total. The third kappa shape index (κ3) is 7.76. The number of carbonyl (C=O) groups is 2. The lowest BCUT2D eigenvalue weighted by atomic mass is 10.1. The Bertz CT molecular complexity index is 1150. The van der Waals surface area contributed by atoms with Crippen molar-refractivity contribution in [1.82, 2.24) is 10.2 Å². The molecule has 0 fully saturated rings. The maximum atomic E-state index is 13.7. The van der Waals surface area contributed by atoms with Gasteiger partial charge in [0.2, 0.25) is 21.8 Å². The van der Waals surface area contributed by atoms with Crippen LogP contribution >= 0.6 is 11.6 Å². The first kappa shape index (κ1) is 29.3. The zero-order valence-electron chi connectivity index (χ0n) is 21.4. The normalized spacial score (nSPS) is 12.1. The number of carbonyl (C=O) groups excluding carboxylic acids is 2. The van der Waals surface area contributed by atoms with E-state index < -0.39 is 28.5 Å². The van der Waals surface area contributed by atoms with Crippen molar-refractivity contribution in [3.63, 3.8) is 0 Å². The predicted molar refractivity (Wildman–Crippen MR) is 141 cm³/mol. The van der Waals surface area contributed by atoms with Gasteiger partial charge < -0.3 is 19.7 Å². The van der Waals surface area contributed by atoms with Crippen LogP contribution < -0.4 is 19.1 Å². The number of sulfonamides is 1. The van der Waals surface area contributed by atoms with E-state index in [1.54, 1.807) is 37.3 Å². The van der Waals surface area contributed by atoms with E-state index in [9.17, 15) is 18.0 Å². The molecule has 0 unspecified atom stereocenters. The molecule has 1 atom stereocenters. The van der Waals surface area contributed by atoms with Crippen molar-refractivity contribution in [2.75, 3.05) is 31.3 Å². The first-order chi connectivity index (χ1) is 16.9. The van der Waals surface area contributed by atoms with Gasteiger partial charge >= 0.3 is 0 Å². The minimum Gasteiger partial charge on any atom is -0.493 e. The lowest BCUT2D eigenvalue weighted by Gasteiger charge is -2.33. The topological polar surface area (TPSA) is 105 Å². The van der Waals surface area contributed by atoms with Gasteiger partial charge in [0.1, 0.15) is 12.6 Å². The average Bonchev–Trinajstić information content (AvgIpc) is 2.81. The first-order valence-corrected chi connectivity index (χ1v) is 13.7. The second-order valence-corrected chi connectivity index (χ2v) is 10.9. The number of rotatable bonds is 12. The molecular formula is C25H34ClN3O6S. The second kappa shape index (κ2) is 12.8. The Morgan fingerprint density at radius 3 is 2.14 bits per heavy atom. The zero-order valence-corrected chi connectivity index (χ0v) is 23.0. The molecule has 2 amide bonds. The van der Waals surface area contributed by atoms with Gasteiger partial charge in [0.25, 0.3) is 0 Å². The zero-order chi connectivity index (χ0) is 27.0. The average molecular weight is 540 g/mol. The molecule has 9 nitrogen and oxygen atoms in total. The highest BCUT2D eigenvalue weighted by atomic mass is 35.5. The van der Waals surface area contributed by atoms with E-state index >= 15 is 0 Å². The summed E-state index contributed by atoms with van der Waals surface area (Å²) in [6, 6.07) is 10.6. The maximum Gasteiger partial charge on any atom is 0.244 e. The number of nitrogens with zero attached hydrogens (tertiary/aromatic N) is 2. The van der Waals surface area contributed by atoms with Crippen LogP contribution in [0.4, 0.5) is 5.69 Å². The summed E-state index contributed by atoms with van der Waals surface area (Å²) >= 11 is 6.00. The molecule has 2 rings (SSSR count). The maximum absolute atomic E-state index is 13.7. The van der Waals surface area contributed by atoms with Crippen molar-refractivity contribution in [1.29, 1.82) is 0 Å². The number of nitrogens with one attached hydrogen (secondary N) is 1. The molecule has 0 aromatic heterocycles. The van der Waals surface area contributed by atoms with Crippen LogP contribution in [0.25, 0.3) is 0 Å². The highest BCUT2D eigenvalue weighted by molar-refractivity contribution is 7.92. The van der Waals surface area contributed by atoms with Gasteiger partial charge in [-0.2, -0.15) is 0 Å². The molecule has 0 aliphatic carbocycles. The number of amides is 2. The van der Waals surface area contributed by atoms with Crippen LogP contribution in [0.15, 0.2) is 42.5 Å². The summed E-state index contributed by atoms with van der Waals surface area (Å²) in [6.07, 6.45) is 1.36. The van der Waals surface area contributed by atoms with Crippen LogP contribution in [-0.4, -0.2) is 64.2 Å². The second-order valence-electron chi connectivity index (χ2n) is 8.54. The molecule has 0 bridgehead atoms. The highest BCUT2D eigenvalue weighted by Gasteiger charge is 2.32. The van der Waals surface area contributed by atoms with E-state index in [2.05, 4.69) is 5.32 Å². The summed E-state index contributed by atoms with van der Waals surface area (Å²) in [7, 11) is -0.965. The van der Waals surface area contributed by atoms with Gasteiger partial charge in [0.15, 0.2) is 11.5 Å². The van der Waals surface area contributed by atoms with E-state index in [1.165, 1.54) is 31.3 Å². The Hall–Kier alpha value is -2.98. The molecule has 0 spiro atoms. The van der Waals surface area contributed by atoms with Gasteiger partial charge in [-0.05, 0) is 50.1 Å². The van der Waals surface area contributed by atoms with Gasteiger partial charge in [-0.3, -0.25) is 13.9 Å². The van der Waals surface area contributed by atoms with E-state index in [0.29, 0.717) is 22.9 Å². The van der Waals surface area contributed by atoms with Crippen LogP contribution in [0.2, 0.25) is 5.02 Å². The first-order valence-electron chi connectivity index (χ1n) is 11.4. The summed E-state index contributed by atoms with van der Waals surface area (Å²) in [5.41, 5.74) is 0.982. The Labute approximate surface area is 218 Å². The molecule has 0 heterocycles. The van der Waals surface area contributed by atoms with Crippen molar-refractivity contribution in [3.8, 4) is 11.5 Å². The summed E-state index contributed by atoms with van der Waals surface area (Å²) in [5, 5.41) is 3.39. The molecule has 11 heteroatoms. The molecule has 0 saturated carbocycles. The summed E-state index contributed by atoms with van der Waals surface area (Å²) in [5.74, 6) is -0.110. The minimum atomic E-state index is -3.87. The lowest BCUT2D eigenvalue weighted by Crippen LogP contribution is -2.53. The minimum absolute atomic E-state index is 0.101. The Balaban J connectivity index is 2.48. The third-order valence-corrected chi connectivity index (χ3v) is 6.81. The van der Waals surface area contributed by atoms with E-state index in [-0.39, 0.29) is 24.2 Å². The number of halogens is 1. The van der Waals surface area contributed by atoms with Gasteiger partial charge in [-0.15, -0.1) is 0 Å². The SMILES string of the molecule is CC[C@@H](C(=O)NC(C)C)N(Cc1ccc(Cl)cc1)C(=O)CN(c1ccc(OC)c(OC)c1)S(C)(=O)=O. The van der Waals surface area contributed by atoms with Crippen molar-refractivity contribution < 1.29 is 27.5 Å². The fourth-order valence-corrected chi connectivity index (χ4v) is 4.65. The van der Waals surface area contributed by atoms with Crippen molar-refractivity contribution in [3.05, 3.63) is 53.1 Å². The summed E-state index contributed by atoms with van der Waals surface area (Å²) in [6.45, 7) is 5.06. The Morgan fingerprint density at radius 2 is 1.64 bits per heavy atom. The molecule has 0 aliphatic rings. The molecule has 2 aromatic rings. The monoisotopic (exact) mass is 539 g/mol. The van der Waals surface area contributed by atoms with E-state index in [0.717, 1.165) is 16.1 Å². The number of benzene rings is 2. The van der Waals surface area contributed by atoms with E-state index in [1.807, 2.05) is 13.8 Å². The third-order valence-electron chi connectivity index (χ3n) is 5.42. The molecular weight excluding hydrogens is 506 g/mol. The van der Waals surface area contributed by atoms with E-state index in [4.69, 9.17) is 21.1 Å². The number of hydrogen-bond acceptors (Lipinski definition) is 6. The van der Waals surface area contributed by atoms with Gasteiger partial charge in [0.05, 0.1) is 26.2 Å². The molecule has 0 aliphatic heterocycles. The van der Waals surface area contributed by atoms with Gasteiger partial charge in [-0.25, -0.2) is 8.42 Å². The molecule has 0 radical (unpaired) electrons. The highest BCUT2D eigenvalue weighted by Crippen LogP contribution is 2.32. The largest absolute Gasteiger partial charge is 0.493 e. The number of anilines is 1. The lowest BCUT2D eigenvalue weighted by molar-refractivity contribution is -0.140. The summed E-state index contributed by atoms with van der Waals surface area (Å²) in [4.78, 5) is 28.1. The number of methoxy groups -OCH3 is 2. The van der Waals surface area contributed by atoms with Crippen molar-refractivity contribution >= 4 is 39.1 Å². The van der Waals surface area contributed by atoms with Crippen LogP contribution in [0.3, 0.4) is 0 Å². The number of ether oxygens (including phenoxy) is 2. The fourth-order valence-electron chi connectivity index (χ4n) is 3.68. The van der Waals surface area contributed by atoms with Crippen molar-refractivity contribution in [2.24, 2.45) is 0 Å². The van der Waals surface area contributed by atoms with Crippen molar-refractivity contribution in [2.45, 2.75) is 45.8 Å². The van der Waals surface area contributed by atoms with Gasteiger partial charge in [0, 0.05) is 23.7 Å². The molecule has 198 valence electrons.